The zero-order chi connectivity index (χ0) is 23.3. The number of phenolic OH excluding ortho intramolecular Hbond substituents is 1. The van der Waals surface area contributed by atoms with Gasteiger partial charge in [0.2, 0.25) is 0 Å². The average Bonchev–Trinajstić information content (AvgIpc) is 3.47. The van der Waals surface area contributed by atoms with E-state index in [1.54, 1.807) is 10.6 Å². The molecule has 1 N–H and O–H groups in total. The lowest BCUT2D eigenvalue weighted by molar-refractivity contribution is 0.0691. The Labute approximate surface area is 191 Å². The highest BCUT2D eigenvalue weighted by Gasteiger charge is 2.42. The molecule has 2 fully saturated rings. The molecule has 0 unspecified atom stereocenters. The lowest BCUT2D eigenvalue weighted by Crippen LogP contribution is -2.39. The molecule has 0 spiro atoms. The molecule has 1 aliphatic carbocycles. The van der Waals surface area contributed by atoms with Gasteiger partial charge in [0.05, 0.1) is 17.0 Å². The molecule has 1 saturated heterocycles. The number of benzene rings is 1. The summed E-state index contributed by atoms with van der Waals surface area (Å²) in [5.41, 5.74) is 1.83. The van der Waals surface area contributed by atoms with Crippen LogP contribution in [0.4, 0.5) is 4.39 Å². The minimum atomic E-state index is -0.906. The highest BCUT2D eigenvalue weighted by molar-refractivity contribution is 5.93. The predicted octanol–water partition coefficient (Wildman–Crippen LogP) is 4.51. The van der Waals surface area contributed by atoms with Gasteiger partial charge in [-0.1, -0.05) is 19.8 Å². The number of carbonyl (C=O) groups excluding carboxylic acids is 2. The number of likely N-dealkylation sites (tertiary alicyclic amines) is 1. The highest BCUT2D eigenvalue weighted by Crippen LogP contribution is 2.47. The van der Waals surface area contributed by atoms with Crippen LogP contribution in [0.3, 0.4) is 0 Å². The predicted molar refractivity (Wildman–Crippen MR) is 121 cm³/mol. The van der Waals surface area contributed by atoms with Crippen LogP contribution in [0.2, 0.25) is 0 Å². The van der Waals surface area contributed by atoms with Gasteiger partial charge in [0.25, 0.3) is 5.91 Å². The minimum absolute atomic E-state index is 0.0736. The van der Waals surface area contributed by atoms with Crippen molar-refractivity contribution in [1.29, 1.82) is 0 Å². The third-order valence-electron chi connectivity index (χ3n) is 7.13. The van der Waals surface area contributed by atoms with Crippen LogP contribution in [0.5, 0.6) is 5.75 Å². The average molecular weight is 451 g/mol. The van der Waals surface area contributed by atoms with Gasteiger partial charge in [-0.3, -0.25) is 9.59 Å². The van der Waals surface area contributed by atoms with Crippen molar-refractivity contribution in [2.75, 3.05) is 6.54 Å². The fourth-order valence-electron chi connectivity index (χ4n) is 4.69. The number of aldehydes is 1. The van der Waals surface area contributed by atoms with Crippen LogP contribution in [0.1, 0.15) is 78.9 Å². The lowest BCUT2D eigenvalue weighted by Gasteiger charge is -2.27. The molecule has 0 bridgehead atoms. The number of phenols is 1. The van der Waals surface area contributed by atoms with Gasteiger partial charge in [0.1, 0.15) is 5.69 Å². The van der Waals surface area contributed by atoms with Crippen molar-refractivity contribution in [3.63, 3.8) is 0 Å². The first-order chi connectivity index (χ1) is 15.8. The number of aromatic nitrogens is 3. The molecule has 2 aliphatic rings. The van der Waals surface area contributed by atoms with E-state index in [-0.39, 0.29) is 34.2 Å². The van der Waals surface area contributed by atoms with E-state index in [4.69, 9.17) is 0 Å². The van der Waals surface area contributed by atoms with Gasteiger partial charge in [0, 0.05) is 29.6 Å². The van der Waals surface area contributed by atoms with E-state index in [1.165, 1.54) is 12.1 Å². The summed E-state index contributed by atoms with van der Waals surface area (Å²) in [5.74, 6) is -1.69. The zero-order valence-electron chi connectivity index (χ0n) is 18.8. The summed E-state index contributed by atoms with van der Waals surface area (Å²) >= 11 is 0. The Morgan fingerprint density at radius 3 is 2.76 bits per heavy atom. The van der Waals surface area contributed by atoms with Gasteiger partial charge in [-0.15, -0.1) is 0 Å². The van der Waals surface area contributed by atoms with Gasteiger partial charge in [0.15, 0.2) is 23.5 Å². The van der Waals surface area contributed by atoms with Crippen LogP contribution in [-0.4, -0.2) is 49.4 Å². The molecule has 1 aromatic carbocycles. The van der Waals surface area contributed by atoms with Gasteiger partial charge >= 0.3 is 0 Å². The van der Waals surface area contributed by atoms with Gasteiger partial charge < -0.3 is 10.0 Å². The van der Waals surface area contributed by atoms with Crippen molar-refractivity contribution in [2.45, 2.75) is 63.8 Å². The van der Waals surface area contributed by atoms with Crippen LogP contribution >= 0.6 is 0 Å². The molecule has 1 amide bonds. The highest BCUT2D eigenvalue weighted by atomic mass is 19.1. The fraction of sp³-hybridized carbons (Fsp3) is 0.440. The normalized spacial score (nSPS) is 20.0. The Balaban J connectivity index is 1.62. The Kier molecular flexibility index (Phi) is 5.18. The van der Waals surface area contributed by atoms with Crippen LogP contribution in [0.15, 0.2) is 24.3 Å². The molecule has 1 aliphatic heterocycles. The van der Waals surface area contributed by atoms with Gasteiger partial charge in [-0.2, -0.15) is 5.10 Å². The van der Waals surface area contributed by atoms with Crippen molar-refractivity contribution >= 4 is 17.8 Å². The molecule has 3 heterocycles. The summed E-state index contributed by atoms with van der Waals surface area (Å²) < 4.78 is 16.5. The quantitative estimate of drug-likeness (QED) is 0.591. The molecule has 0 radical (unpaired) electrons. The summed E-state index contributed by atoms with van der Waals surface area (Å²) in [6, 6.07) is 6.39. The van der Waals surface area contributed by atoms with Crippen molar-refractivity contribution in [1.82, 2.24) is 19.5 Å². The molecule has 1 atom stereocenters. The van der Waals surface area contributed by atoms with Crippen LogP contribution < -0.4 is 0 Å². The number of hydrogen-bond donors (Lipinski definition) is 1. The Hall–Kier alpha value is -3.29. The second-order valence-electron chi connectivity index (χ2n) is 9.57. The van der Waals surface area contributed by atoms with Gasteiger partial charge in [-0.25, -0.2) is 13.9 Å². The first-order valence-corrected chi connectivity index (χ1v) is 11.5. The van der Waals surface area contributed by atoms with E-state index in [0.29, 0.717) is 17.6 Å². The summed E-state index contributed by atoms with van der Waals surface area (Å²) in [7, 11) is 0. The summed E-state index contributed by atoms with van der Waals surface area (Å²) in [5, 5.41) is 14.6. The monoisotopic (exact) mass is 450 g/mol. The molecule has 2 aromatic heterocycles. The second kappa shape index (κ2) is 7.93. The molecule has 8 heteroatoms. The van der Waals surface area contributed by atoms with E-state index in [9.17, 15) is 19.1 Å². The molecular weight excluding hydrogens is 423 g/mol. The second-order valence-corrected chi connectivity index (χ2v) is 9.57. The summed E-state index contributed by atoms with van der Waals surface area (Å²) in [4.78, 5) is 31.0. The summed E-state index contributed by atoms with van der Waals surface area (Å²) in [6.45, 7) is 4.93. The maximum absolute atomic E-state index is 14.8. The Morgan fingerprint density at radius 2 is 2.03 bits per heavy atom. The molecule has 33 heavy (non-hydrogen) atoms. The van der Waals surface area contributed by atoms with E-state index in [1.807, 2.05) is 11.0 Å². The molecule has 7 nitrogen and oxygen atoms in total. The van der Waals surface area contributed by atoms with Crippen molar-refractivity contribution in [3.05, 3.63) is 47.0 Å². The number of fused-ring (bicyclic) bond motifs is 1. The minimum Gasteiger partial charge on any atom is -0.504 e. The lowest BCUT2D eigenvalue weighted by atomic mass is 10.0. The Morgan fingerprint density at radius 1 is 1.24 bits per heavy atom. The van der Waals surface area contributed by atoms with E-state index >= 15 is 0 Å². The smallest absolute Gasteiger partial charge is 0.272 e. The first-order valence-electron chi connectivity index (χ1n) is 11.5. The third-order valence-corrected chi connectivity index (χ3v) is 7.13. The zero-order valence-corrected chi connectivity index (χ0v) is 18.8. The molecular formula is C25H27FN4O3. The number of hydrogen-bond acceptors (Lipinski definition) is 5. The van der Waals surface area contributed by atoms with Crippen LogP contribution in [0, 0.1) is 5.82 Å². The molecule has 172 valence electrons. The largest absolute Gasteiger partial charge is 0.504 e. The maximum atomic E-state index is 14.8. The number of carbonyl (C=O) groups is 2. The van der Waals surface area contributed by atoms with E-state index < -0.39 is 11.6 Å². The van der Waals surface area contributed by atoms with Crippen LogP contribution in [-0.2, 0) is 5.41 Å². The number of nitrogens with zero attached hydrogens (tertiary/aromatic N) is 4. The van der Waals surface area contributed by atoms with Gasteiger partial charge in [-0.05, 0) is 50.8 Å². The van der Waals surface area contributed by atoms with Crippen LogP contribution in [0.25, 0.3) is 16.9 Å². The first kappa shape index (κ1) is 21.6. The third kappa shape index (κ3) is 3.67. The standard InChI is InChI=1S/C25H27FN4O3/c1-15-6-4-3-5-11-29(15)24(33)19-12-20(25(2)9-10-25)30-21(27-19)13-18(28-30)17-8-7-16(14-31)23(32)22(17)26/h7-8,12-15,32H,3-6,9-11H2,1-2H3/t15-/m1/s1. The SMILES string of the molecule is C[C@@H]1CCCCCN1C(=O)c1cc(C2(C)CC2)n2nc(-c3ccc(C=O)c(O)c3F)cc2n1. The molecule has 1 saturated carbocycles. The molecule has 3 aromatic rings. The van der Waals surface area contributed by atoms with Crippen molar-refractivity contribution in [2.24, 2.45) is 0 Å². The molecule has 5 rings (SSSR count). The van der Waals surface area contributed by atoms with E-state index in [2.05, 4.69) is 23.9 Å². The Bertz CT molecular complexity index is 1260. The fourth-order valence-corrected chi connectivity index (χ4v) is 4.69. The number of aromatic hydroxyl groups is 1. The number of amides is 1. The topological polar surface area (TPSA) is 87.8 Å². The summed E-state index contributed by atoms with van der Waals surface area (Å²) in [6.07, 6.45) is 6.55. The van der Waals surface area contributed by atoms with Crippen molar-refractivity contribution in [3.8, 4) is 17.0 Å². The van der Waals surface area contributed by atoms with Crippen molar-refractivity contribution < 1.29 is 19.1 Å². The number of rotatable bonds is 4. The van der Waals surface area contributed by atoms with E-state index in [0.717, 1.165) is 50.8 Å². The number of halogens is 1. The maximum Gasteiger partial charge on any atom is 0.272 e.